The van der Waals surface area contributed by atoms with Crippen molar-refractivity contribution in [1.29, 1.82) is 0 Å². The lowest BCUT2D eigenvalue weighted by molar-refractivity contribution is -0.140. The van der Waals surface area contributed by atoms with Crippen LogP contribution in [0.4, 0.5) is 0 Å². The lowest BCUT2D eigenvalue weighted by Crippen LogP contribution is -2.13. The van der Waals surface area contributed by atoms with Crippen molar-refractivity contribution in [1.82, 2.24) is 0 Å². The standard InChI is InChI=1S/C41H40O10/c1-25(2)38(42)48-22-20-46-32-15-10-30(11-16-32)12-19-34-29(9)37(51-41(45)28(7)8)35(24-36(34)50-40(44)27(5)6)31-13-17-33(18-14-31)47-21-23-49-39(43)26(3)4/h10-11,13-18,24H,1,3,5,7,20-23H2,2,4,6,8-9H3. The molecule has 10 heteroatoms. The first kappa shape index (κ1) is 39.1. The van der Waals surface area contributed by atoms with E-state index in [1.54, 1.807) is 75.4 Å². The van der Waals surface area contributed by atoms with E-state index in [9.17, 15) is 19.2 Å². The third kappa shape index (κ3) is 11.6. The molecule has 0 spiro atoms. The Bertz CT molecular complexity index is 1920. The molecule has 0 radical (unpaired) electrons. The summed E-state index contributed by atoms with van der Waals surface area (Å²) in [5.41, 5.74) is 3.35. The van der Waals surface area contributed by atoms with E-state index in [0.29, 0.717) is 50.5 Å². The van der Waals surface area contributed by atoms with Gasteiger partial charge in [-0.1, -0.05) is 50.3 Å². The van der Waals surface area contributed by atoms with E-state index < -0.39 is 23.9 Å². The van der Waals surface area contributed by atoms with E-state index in [2.05, 4.69) is 38.2 Å². The van der Waals surface area contributed by atoms with Crippen LogP contribution in [0.3, 0.4) is 0 Å². The molecule has 0 unspecified atom stereocenters. The molecule has 0 heterocycles. The number of hydrogen-bond acceptors (Lipinski definition) is 10. The van der Waals surface area contributed by atoms with Crippen LogP contribution in [0.1, 0.15) is 44.4 Å². The number of carbonyl (C=O) groups is 4. The number of benzene rings is 3. The molecule has 51 heavy (non-hydrogen) atoms. The molecule has 0 aromatic heterocycles. The van der Waals surface area contributed by atoms with Crippen LogP contribution in [-0.2, 0) is 28.7 Å². The highest BCUT2D eigenvalue weighted by molar-refractivity contribution is 5.93. The van der Waals surface area contributed by atoms with Gasteiger partial charge in [-0.25, -0.2) is 19.2 Å². The molecule has 0 N–H and O–H groups in total. The molecule has 0 aliphatic carbocycles. The van der Waals surface area contributed by atoms with Gasteiger partial charge in [0.05, 0.1) is 5.56 Å². The highest BCUT2D eigenvalue weighted by Gasteiger charge is 2.22. The molecule has 0 amide bonds. The molecular formula is C41H40O10. The molecule has 0 saturated carbocycles. The first-order valence-electron chi connectivity index (χ1n) is 15.7. The number of ether oxygens (including phenoxy) is 6. The molecule has 3 aromatic carbocycles. The first-order chi connectivity index (χ1) is 24.2. The SMILES string of the molecule is C=C(C)C(=O)OCCOc1ccc(C#Cc2c(OC(=O)C(=C)C)cc(-c3ccc(OCCOC(=O)C(=C)C)cc3)c(OC(=O)C(=C)C)c2C)cc1. The van der Waals surface area contributed by atoms with E-state index in [-0.39, 0.29) is 49.1 Å². The Kier molecular flexibility index (Phi) is 14.1. The molecule has 0 saturated heterocycles. The van der Waals surface area contributed by atoms with Crippen molar-refractivity contribution in [2.75, 3.05) is 26.4 Å². The summed E-state index contributed by atoms with van der Waals surface area (Å²) in [4.78, 5) is 48.7. The fraction of sp³-hybridized carbons (Fsp3) is 0.220. The van der Waals surface area contributed by atoms with Crippen molar-refractivity contribution < 1.29 is 47.6 Å². The normalized spacial score (nSPS) is 10.1. The Morgan fingerprint density at radius 3 is 1.51 bits per heavy atom. The molecule has 0 aliphatic heterocycles. The smallest absolute Gasteiger partial charge is 0.338 e. The second-order valence-corrected chi connectivity index (χ2v) is 11.4. The highest BCUT2D eigenvalue weighted by Crippen LogP contribution is 2.41. The van der Waals surface area contributed by atoms with Crippen molar-refractivity contribution in [2.24, 2.45) is 0 Å². The van der Waals surface area contributed by atoms with Crippen molar-refractivity contribution in [3.8, 4) is 46.0 Å². The fourth-order valence-electron chi connectivity index (χ4n) is 4.05. The van der Waals surface area contributed by atoms with Gasteiger partial charge in [0.15, 0.2) is 0 Å². The molecule has 10 nitrogen and oxygen atoms in total. The van der Waals surface area contributed by atoms with Crippen LogP contribution in [0.2, 0.25) is 0 Å². The van der Waals surface area contributed by atoms with Gasteiger partial charge in [-0.3, -0.25) is 0 Å². The predicted octanol–water partition coefficient (Wildman–Crippen LogP) is 7.02. The third-order valence-corrected chi connectivity index (χ3v) is 6.80. The minimum atomic E-state index is -0.665. The van der Waals surface area contributed by atoms with Gasteiger partial charge in [-0.2, -0.15) is 0 Å². The quantitative estimate of drug-likeness (QED) is 0.0540. The van der Waals surface area contributed by atoms with Crippen LogP contribution < -0.4 is 18.9 Å². The second kappa shape index (κ2) is 18.4. The molecule has 3 rings (SSSR count). The van der Waals surface area contributed by atoms with Crippen LogP contribution in [0.25, 0.3) is 11.1 Å². The van der Waals surface area contributed by atoms with Crippen molar-refractivity contribution in [2.45, 2.75) is 34.6 Å². The molecule has 0 aliphatic rings. The van der Waals surface area contributed by atoms with Gasteiger partial charge in [-0.15, -0.1) is 0 Å². The summed E-state index contributed by atoms with van der Waals surface area (Å²) in [5.74, 6) is 5.19. The van der Waals surface area contributed by atoms with Gasteiger partial charge in [0.25, 0.3) is 0 Å². The molecular weight excluding hydrogens is 652 g/mol. The maximum absolute atomic E-state index is 12.8. The molecule has 264 valence electrons. The Hall–Kier alpha value is -6.34. The molecule has 0 fully saturated rings. The monoisotopic (exact) mass is 692 g/mol. The molecule has 0 atom stereocenters. The zero-order valence-corrected chi connectivity index (χ0v) is 29.4. The van der Waals surface area contributed by atoms with Crippen LogP contribution in [0.5, 0.6) is 23.0 Å². The van der Waals surface area contributed by atoms with Crippen molar-refractivity contribution >= 4 is 23.9 Å². The fourth-order valence-corrected chi connectivity index (χ4v) is 4.05. The van der Waals surface area contributed by atoms with Crippen LogP contribution >= 0.6 is 0 Å². The van der Waals surface area contributed by atoms with E-state index in [4.69, 9.17) is 28.4 Å². The Balaban J connectivity index is 1.97. The van der Waals surface area contributed by atoms with Crippen LogP contribution in [-0.4, -0.2) is 50.3 Å². The zero-order valence-electron chi connectivity index (χ0n) is 29.4. The van der Waals surface area contributed by atoms with E-state index in [1.807, 2.05) is 0 Å². The van der Waals surface area contributed by atoms with Crippen LogP contribution in [0, 0.1) is 18.8 Å². The summed E-state index contributed by atoms with van der Waals surface area (Å²) in [6, 6.07) is 15.4. The number of esters is 4. The minimum absolute atomic E-state index is 0.0420. The average Bonchev–Trinajstić information content (AvgIpc) is 3.09. The topological polar surface area (TPSA) is 124 Å². The Morgan fingerprint density at radius 1 is 0.588 bits per heavy atom. The maximum atomic E-state index is 12.8. The van der Waals surface area contributed by atoms with Gasteiger partial charge in [-0.05, 0) is 82.6 Å². The maximum Gasteiger partial charge on any atom is 0.338 e. The van der Waals surface area contributed by atoms with Gasteiger partial charge < -0.3 is 28.4 Å². The predicted molar refractivity (Wildman–Crippen MR) is 192 cm³/mol. The first-order valence-corrected chi connectivity index (χ1v) is 15.7. The summed E-state index contributed by atoms with van der Waals surface area (Å²) in [6.07, 6.45) is 0. The lowest BCUT2D eigenvalue weighted by atomic mass is 9.96. The number of hydrogen-bond donors (Lipinski definition) is 0. The minimum Gasteiger partial charge on any atom is -0.490 e. The van der Waals surface area contributed by atoms with E-state index in [1.165, 1.54) is 13.8 Å². The summed E-state index contributed by atoms with van der Waals surface area (Å²) in [6.45, 7) is 22.7. The van der Waals surface area contributed by atoms with Crippen LogP contribution in [0.15, 0.2) is 103 Å². The summed E-state index contributed by atoms with van der Waals surface area (Å²) < 4.78 is 33.0. The van der Waals surface area contributed by atoms with Gasteiger partial charge >= 0.3 is 23.9 Å². The Morgan fingerprint density at radius 2 is 1.04 bits per heavy atom. The summed E-state index contributed by atoms with van der Waals surface area (Å²) in [7, 11) is 0. The third-order valence-electron chi connectivity index (χ3n) is 6.80. The Labute approximate surface area is 298 Å². The van der Waals surface area contributed by atoms with E-state index >= 15 is 0 Å². The van der Waals surface area contributed by atoms with E-state index in [0.717, 1.165) is 0 Å². The number of rotatable bonds is 15. The van der Waals surface area contributed by atoms with Crippen molar-refractivity contribution in [3.05, 3.63) is 120 Å². The molecule has 0 bridgehead atoms. The summed E-state index contributed by atoms with van der Waals surface area (Å²) >= 11 is 0. The van der Waals surface area contributed by atoms with Gasteiger partial charge in [0.1, 0.15) is 49.4 Å². The molecule has 3 aromatic rings. The largest absolute Gasteiger partial charge is 0.490 e. The summed E-state index contributed by atoms with van der Waals surface area (Å²) in [5, 5.41) is 0. The van der Waals surface area contributed by atoms with Gasteiger partial charge in [0.2, 0.25) is 0 Å². The average molecular weight is 693 g/mol. The lowest BCUT2D eigenvalue weighted by Gasteiger charge is -2.18. The number of carbonyl (C=O) groups excluding carboxylic acids is 4. The second-order valence-electron chi connectivity index (χ2n) is 11.4. The highest BCUT2D eigenvalue weighted by atomic mass is 16.6. The zero-order chi connectivity index (χ0) is 37.7. The van der Waals surface area contributed by atoms with Crippen molar-refractivity contribution in [3.63, 3.8) is 0 Å². The van der Waals surface area contributed by atoms with Gasteiger partial charge in [0, 0.05) is 39.0 Å².